The van der Waals surface area contributed by atoms with Gasteiger partial charge in [0.2, 0.25) is 5.76 Å². The summed E-state index contributed by atoms with van der Waals surface area (Å²) in [5, 5.41) is 0. The lowest BCUT2D eigenvalue weighted by molar-refractivity contribution is 0.0564. The van der Waals surface area contributed by atoms with Gasteiger partial charge in [0.05, 0.1) is 7.11 Å². The molecule has 0 radical (unpaired) electrons. The lowest BCUT2D eigenvalue weighted by Gasteiger charge is -1.92. The Labute approximate surface area is 99.3 Å². The summed E-state index contributed by atoms with van der Waals surface area (Å²) in [5.41, 5.74) is 1.07. The van der Waals surface area contributed by atoms with Gasteiger partial charge in [0.25, 0.3) is 0 Å². The van der Waals surface area contributed by atoms with Gasteiger partial charge in [0, 0.05) is 0 Å². The van der Waals surface area contributed by atoms with E-state index in [2.05, 4.69) is 4.74 Å². The minimum absolute atomic E-state index is 0.209. The first-order valence-electron chi connectivity index (χ1n) is 5.21. The van der Waals surface area contributed by atoms with E-state index in [1.807, 2.05) is 42.5 Å². The number of benzene rings is 1. The summed E-state index contributed by atoms with van der Waals surface area (Å²) in [5.74, 6) is 0.360. The van der Waals surface area contributed by atoms with Gasteiger partial charge in [-0.15, -0.1) is 0 Å². The molecule has 0 amide bonds. The number of furan rings is 1. The van der Waals surface area contributed by atoms with Crippen molar-refractivity contribution >= 4 is 18.1 Å². The van der Waals surface area contributed by atoms with Crippen molar-refractivity contribution in [1.29, 1.82) is 0 Å². The Morgan fingerprint density at radius 2 is 1.88 bits per heavy atom. The van der Waals surface area contributed by atoms with E-state index < -0.39 is 5.97 Å². The van der Waals surface area contributed by atoms with Crippen molar-refractivity contribution in [2.45, 2.75) is 0 Å². The van der Waals surface area contributed by atoms with Crippen LogP contribution in [0, 0.1) is 0 Å². The first-order valence-corrected chi connectivity index (χ1v) is 5.21. The molecular weight excluding hydrogens is 216 g/mol. The highest BCUT2D eigenvalue weighted by molar-refractivity contribution is 5.86. The number of methoxy groups -OCH3 is 1. The fourth-order valence-electron chi connectivity index (χ4n) is 1.40. The fraction of sp³-hybridized carbons (Fsp3) is 0.0714. The number of carbonyl (C=O) groups excluding carboxylic acids is 1. The van der Waals surface area contributed by atoms with Gasteiger partial charge in [0.1, 0.15) is 5.76 Å². The predicted molar refractivity (Wildman–Crippen MR) is 65.4 cm³/mol. The zero-order valence-corrected chi connectivity index (χ0v) is 9.42. The fourth-order valence-corrected chi connectivity index (χ4v) is 1.40. The first kappa shape index (κ1) is 11.2. The van der Waals surface area contributed by atoms with E-state index in [0.29, 0.717) is 5.76 Å². The third-order valence-electron chi connectivity index (χ3n) is 2.25. The highest BCUT2D eigenvalue weighted by Gasteiger charge is 2.09. The van der Waals surface area contributed by atoms with E-state index >= 15 is 0 Å². The molecule has 0 atom stereocenters. The normalized spacial score (nSPS) is 10.6. The molecule has 1 aromatic heterocycles. The molecule has 0 aliphatic heterocycles. The molecule has 0 aliphatic rings. The van der Waals surface area contributed by atoms with Crippen molar-refractivity contribution in [3.05, 3.63) is 59.5 Å². The third kappa shape index (κ3) is 2.84. The Bertz CT molecular complexity index is 523. The largest absolute Gasteiger partial charge is 0.463 e. The SMILES string of the molecule is COC(=O)c1ccc(/C=C/c2ccccc2)o1. The highest BCUT2D eigenvalue weighted by atomic mass is 16.5. The summed E-state index contributed by atoms with van der Waals surface area (Å²) in [6, 6.07) is 13.2. The molecule has 2 aromatic rings. The maximum absolute atomic E-state index is 11.2. The minimum atomic E-state index is -0.468. The summed E-state index contributed by atoms with van der Waals surface area (Å²) in [4.78, 5) is 11.2. The molecule has 0 saturated heterocycles. The second-order valence-electron chi connectivity index (χ2n) is 3.44. The van der Waals surface area contributed by atoms with Gasteiger partial charge >= 0.3 is 5.97 Å². The molecule has 0 saturated carbocycles. The van der Waals surface area contributed by atoms with Crippen molar-refractivity contribution in [2.24, 2.45) is 0 Å². The molecule has 3 heteroatoms. The minimum Gasteiger partial charge on any atom is -0.463 e. The molecule has 0 N–H and O–H groups in total. The van der Waals surface area contributed by atoms with Crippen LogP contribution in [-0.4, -0.2) is 13.1 Å². The summed E-state index contributed by atoms with van der Waals surface area (Å²) in [6.45, 7) is 0. The molecule has 0 bridgehead atoms. The molecular formula is C14H12O3. The number of esters is 1. The number of hydrogen-bond donors (Lipinski definition) is 0. The highest BCUT2D eigenvalue weighted by Crippen LogP contribution is 2.12. The van der Waals surface area contributed by atoms with Crippen LogP contribution in [0.4, 0.5) is 0 Å². The summed E-state index contributed by atoms with van der Waals surface area (Å²) in [7, 11) is 1.32. The van der Waals surface area contributed by atoms with Gasteiger partial charge in [-0.1, -0.05) is 36.4 Å². The van der Waals surface area contributed by atoms with Gasteiger partial charge in [0.15, 0.2) is 0 Å². The van der Waals surface area contributed by atoms with Crippen molar-refractivity contribution in [2.75, 3.05) is 7.11 Å². The lowest BCUT2D eigenvalue weighted by Crippen LogP contribution is -1.98. The Kier molecular flexibility index (Phi) is 3.40. The smallest absolute Gasteiger partial charge is 0.373 e. The van der Waals surface area contributed by atoms with Crippen LogP contribution in [0.25, 0.3) is 12.2 Å². The van der Waals surface area contributed by atoms with Crippen LogP contribution < -0.4 is 0 Å². The van der Waals surface area contributed by atoms with Crippen molar-refractivity contribution < 1.29 is 13.9 Å². The predicted octanol–water partition coefficient (Wildman–Crippen LogP) is 3.24. The summed E-state index contributed by atoms with van der Waals surface area (Å²) < 4.78 is 9.85. The molecule has 0 spiro atoms. The van der Waals surface area contributed by atoms with Crippen LogP contribution >= 0.6 is 0 Å². The van der Waals surface area contributed by atoms with E-state index in [-0.39, 0.29) is 5.76 Å². The Morgan fingerprint density at radius 3 is 2.59 bits per heavy atom. The second-order valence-corrected chi connectivity index (χ2v) is 3.44. The summed E-state index contributed by atoms with van der Waals surface area (Å²) in [6.07, 6.45) is 3.72. The molecule has 0 fully saturated rings. The van der Waals surface area contributed by atoms with Gasteiger partial charge in [-0.25, -0.2) is 4.79 Å². The average molecular weight is 228 g/mol. The molecule has 3 nitrogen and oxygen atoms in total. The second kappa shape index (κ2) is 5.16. The first-order chi connectivity index (χ1) is 8.29. The van der Waals surface area contributed by atoms with Crippen LogP contribution in [0.3, 0.4) is 0 Å². The van der Waals surface area contributed by atoms with Crippen LogP contribution in [-0.2, 0) is 4.74 Å². The van der Waals surface area contributed by atoms with Crippen LogP contribution in [0.2, 0.25) is 0 Å². The number of carbonyl (C=O) groups is 1. The van der Waals surface area contributed by atoms with Gasteiger partial charge < -0.3 is 9.15 Å². The molecule has 0 unspecified atom stereocenters. The average Bonchev–Trinajstić information content (AvgIpc) is 2.85. The Hall–Kier alpha value is -2.29. The van der Waals surface area contributed by atoms with Crippen LogP contribution in [0.1, 0.15) is 21.9 Å². The van der Waals surface area contributed by atoms with E-state index in [9.17, 15) is 4.79 Å². The third-order valence-corrected chi connectivity index (χ3v) is 2.25. The quantitative estimate of drug-likeness (QED) is 0.757. The van der Waals surface area contributed by atoms with Crippen molar-refractivity contribution in [3.8, 4) is 0 Å². The molecule has 1 heterocycles. The monoisotopic (exact) mass is 228 g/mol. The Balaban J connectivity index is 2.12. The number of hydrogen-bond acceptors (Lipinski definition) is 3. The maximum Gasteiger partial charge on any atom is 0.373 e. The van der Waals surface area contributed by atoms with Gasteiger partial charge in [-0.3, -0.25) is 0 Å². The number of rotatable bonds is 3. The van der Waals surface area contributed by atoms with Gasteiger partial charge in [-0.2, -0.15) is 0 Å². The molecule has 86 valence electrons. The maximum atomic E-state index is 11.2. The molecule has 2 rings (SSSR count). The topological polar surface area (TPSA) is 39.4 Å². The van der Waals surface area contributed by atoms with Crippen molar-refractivity contribution in [3.63, 3.8) is 0 Å². The zero-order valence-electron chi connectivity index (χ0n) is 9.42. The van der Waals surface area contributed by atoms with E-state index in [1.165, 1.54) is 7.11 Å². The van der Waals surface area contributed by atoms with Gasteiger partial charge in [-0.05, 0) is 23.8 Å². The standard InChI is InChI=1S/C14H12O3/c1-16-14(15)13-10-9-12(17-13)8-7-11-5-3-2-4-6-11/h2-10H,1H3/b8-7+. The zero-order chi connectivity index (χ0) is 12.1. The van der Waals surface area contributed by atoms with E-state index in [0.717, 1.165) is 5.56 Å². The van der Waals surface area contributed by atoms with Crippen molar-refractivity contribution in [1.82, 2.24) is 0 Å². The number of ether oxygens (including phenoxy) is 1. The van der Waals surface area contributed by atoms with E-state index in [4.69, 9.17) is 4.42 Å². The Morgan fingerprint density at radius 1 is 1.12 bits per heavy atom. The molecule has 17 heavy (non-hydrogen) atoms. The molecule has 1 aromatic carbocycles. The summed E-state index contributed by atoms with van der Waals surface area (Å²) >= 11 is 0. The lowest BCUT2D eigenvalue weighted by atomic mass is 10.2. The van der Waals surface area contributed by atoms with Crippen LogP contribution in [0.5, 0.6) is 0 Å². The van der Waals surface area contributed by atoms with Crippen LogP contribution in [0.15, 0.2) is 46.9 Å². The van der Waals surface area contributed by atoms with E-state index in [1.54, 1.807) is 12.1 Å². The molecule has 0 aliphatic carbocycles.